The van der Waals surface area contributed by atoms with Crippen molar-refractivity contribution in [2.75, 3.05) is 46.3 Å². The second-order valence-electron chi connectivity index (χ2n) is 7.54. The number of nitrogens with one attached hydrogen (secondary N) is 2. The highest BCUT2D eigenvalue weighted by atomic mass is 127. The number of guanidine groups is 1. The number of amides is 1. The molecule has 1 heterocycles. The van der Waals surface area contributed by atoms with Crippen molar-refractivity contribution in [1.82, 2.24) is 20.4 Å². The van der Waals surface area contributed by atoms with E-state index in [9.17, 15) is 18.0 Å². The van der Waals surface area contributed by atoms with Gasteiger partial charge in [-0.2, -0.15) is 13.2 Å². The molecule has 0 aromatic carbocycles. The number of likely N-dealkylation sites (N-methyl/N-ethyl adjacent to an activating group) is 1. The summed E-state index contributed by atoms with van der Waals surface area (Å²) < 4.78 is 42.7. The summed E-state index contributed by atoms with van der Waals surface area (Å²) in [6.07, 6.45) is -3.94. The van der Waals surface area contributed by atoms with Gasteiger partial charge in [0.15, 0.2) is 5.96 Å². The van der Waals surface area contributed by atoms with Crippen molar-refractivity contribution in [3.05, 3.63) is 0 Å². The van der Waals surface area contributed by atoms with Crippen LogP contribution in [0.5, 0.6) is 0 Å². The van der Waals surface area contributed by atoms with Gasteiger partial charge in [0.05, 0.1) is 6.54 Å². The maximum atomic E-state index is 12.5. The summed E-state index contributed by atoms with van der Waals surface area (Å²) in [5.41, 5.74) is -0.555. The van der Waals surface area contributed by atoms with Gasteiger partial charge < -0.3 is 20.3 Å². The number of alkyl halides is 3. The molecule has 1 aliphatic heterocycles. The highest BCUT2D eigenvalue weighted by Crippen LogP contribution is 2.19. The van der Waals surface area contributed by atoms with Crippen LogP contribution >= 0.6 is 24.0 Å². The predicted molar refractivity (Wildman–Crippen MR) is 114 cm³/mol. The number of carbonyl (C=O) groups excluding carboxylic acids is 1. The first-order chi connectivity index (χ1) is 12.4. The van der Waals surface area contributed by atoms with Crippen LogP contribution in [0, 0.1) is 0 Å². The Balaban J connectivity index is 0.00000729. The maximum absolute atomic E-state index is 12.5. The number of carbonyl (C=O) groups is 1. The Morgan fingerprint density at radius 3 is 2.46 bits per heavy atom. The SMILES string of the molecule is CCN(CCNC(=NC)NC1CCN(CC(F)(F)F)C1)C(=O)OC(C)(C)C.I. The van der Waals surface area contributed by atoms with Gasteiger partial charge in [-0.1, -0.05) is 0 Å². The number of hydrogen-bond donors (Lipinski definition) is 2. The zero-order valence-electron chi connectivity index (χ0n) is 17.2. The fourth-order valence-electron chi connectivity index (χ4n) is 2.75. The summed E-state index contributed by atoms with van der Waals surface area (Å²) in [6, 6.07) is -0.0910. The fraction of sp³-hybridized carbons (Fsp3) is 0.882. The van der Waals surface area contributed by atoms with Gasteiger partial charge >= 0.3 is 12.3 Å². The van der Waals surface area contributed by atoms with Gasteiger partial charge in [-0.25, -0.2) is 4.79 Å². The first-order valence-electron chi connectivity index (χ1n) is 9.17. The lowest BCUT2D eigenvalue weighted by molar-refractivity contribution is -0.143. The van der Waals surface area contributed by atoms with E-state index in [2.05, 4.69) is 15.6 Å². The summed E-state index contributed by atoms with van der Waals surface area (Å²) in [5.74, 6) is 0.508. The third-order valence-electron chi connectivity index (χ3n) is 3.95. The van der Waals surface area contributed by atoms with Crippen LogP contribution in [0.4, 0.5) is 18.0 Å². The molecular weight excluding hydrogens is 490 g/mol. The molecule has 1 amide bonds. The van der Waals surface area contributed by atoms with E-state index in [1.165, 1.54) is 4.90 Å². The standard InChI is InChI=1S/C17H32F3N5O2.HI/c1-6-25(15(26)27-16(2,3)4)10-8-22-14(21-5)23-13-7-9-24(11-13)12-17(18,19)20;/h13H,6-12H2,1-5H3,(H2,21,22,23);1H. The summed E-state index contributed by atoms with van der Waals surface area (Å²) in [4.78, 5) is 19.2. The van der Waals surface area contributed by atoms with Crippen molar-refractivity contribution in [3.63, 3.8) is 0 Å². The van der Waals surface area contributed by atoms with Crippen LogP contribution in [-0.4, -0.2) is 86.0 Å². The van der Waals surface area contributed by atoms with Crippen LogP contribution in [0.15, 0.2) is 4.99 Å². The zero-order valence-corrected chi connectivity index (χ0v) is 19.6. The molecule has 1 saturated heterocycles. The Kier molecular flexibility index (Phi) is 11.5. The minimum absolute atomic E-state index is 0. The summed E-state index contributed by atoms with van der Waals surface area (Å²) in [5, 5.41) is 6.23. The second-order valence-corrected chi connectivity index (χ2v) is 7.54. The van der Waals surface area contributed by atoms with Gasteiger partial charge in [0.1, 0.15) is 5.60 Å². The number of hydrogen-bond acceptors (Lipinski definition) is 4. The van der Waals surface area contributed by atoms with Gasteiger partial charge in [-0.05, 0) is 34.1 Å². The van der Waals surface area contributed by atoms with E-state index in [1.807, 2.05) is 27.7 Å². The third-order valence-corrected chi connectivity index (χ3v) is 3.95. The number of ether oxygens (including phenoxy) is 1. The summed E-state index contributed by atoms with van der Waals surface area (Å²) >= 11 is 0. The molecule has 1 aliphatic rings. The monoisotopic (exact) mass is 523 g/mol. The fourth-order valence-corrected chi connectivity index (χ4v) is 2.75. The minimum atomic E-state index is -4.18. The highest BCUT2D eigenvalue weighted by Gasteiger charge is 2.34. The smallest absolute Gasteiger partial charge is 0.410 e. The number of nitrogens with zero attached hydrogens (tertiary/aromatic N) is 3. The Labute approximate surface area is 182 Å². The van der Waals surface area contributed by atoms with Crippen LogP contribution in [0.3, 0.4) is 0 Å². The largest absolute Gasteiger partial charge is 0.444 e. The van der Waals surface area contributed by atoms with Crippen LogP contribution < -0.4 is 10.6 Å². The van der Waals surface area contributed by atoms with E-state index in [4.69, 9.17) is 4.74 Å². The molecule has 2 N–H and O–H groups in total. The van der Waals surface area contributed by atoms with E-state index in [0.717, 1.165) is 0 Å². The first kappa shape index (κ1) is 27.0. The van der Waals surface area contributed by atoms with Crippen molar-refractivity contribution >= 4 is 36.0 Å². The topological polar surface area (TPSA) is 69.2 Å². The Bertz CT molecular complexity index is 512. The van der Waals surface area contributed by atoms with Gasteiger partial charge in [-0.3, -0.25) is 9.89 Å². The minimum Gasteiger partial charge on any atom is -0.444 e. The van der Waals surface area contributed by atoms with Gasteiger partial charge in [0, 0.05) is 45.8 Å². The Morgan fingerprint density at radius 1 is 1.32 bits per heavy atom. The molecule has 0 aromatic rings. The van der Waals surface area contributed by atoms with Crippen LogP contribution in [-0.2, 0) is 4.74 Å². The molecule has 7 nitrogen and oxygen atoms in total. The molecule has 1 unspecified atom stereocenters. The Morgan fingerprint density at radius 2 is 1.96 bits per heavy atom. The molecule has 11 heteroatoms. The summed E-state index contributed by atoms with van der Waals surface area (Å²) in [6.45, 7) is 8.52. The van der Waals surface area contributed by atoms with Crippen molar-refractivity contribution in [2.24, 2.45) is 4.99 Å². The van der Waals surface area contributed by atoms with Gasteiger partial charge in [0.2, 0.25) is 0 Å². The van der Waals surface area contributed by atoms with Crippen LogP contribution in [0.2, 0.25) is 0 Å². The number of rotatable bonds is 6. The van der Waals surface area contributed by atoms with Crippen LogP contribution in [0.25, 0.3) is 0 Å². The van der Waals surface area contributed by atoms with E-state index >= 15 is 0 Å². The van der Waals surface area contributed by atoms with Crippen molar-refractivity contribution in [1.29, 1.82) is 0 Å². The van der Waals surface area contributed by atoms with E-state index in [-0.39, 0.29) is 36.1 Å². The molecule has 1 atom stereocenters. The number of likely N-dealkylation sites (tertiary alicyclic amines) is 1. The normalized spacial score (nSPS) is 18.4. The number of halogens is 4. The van der Waals surface area contributed by atoms with Gasteiger partial charge in [-0.15, -0.1) is 24.0 Å². The lowest BCUT2D eigenvalue weighted by Gasteiger charge is -2.27. The average Bonchev–Trinajstić information content (AvgIpc) is 2.93. The van der Waals surface area contributed by atoms with Crippen molar-refractivity contribution in [3.8, 4) is 0 Å². The molecule has 0 saturated carbocycles. The van der Waals surface area contributed by atoms with E-state index in [0.29, 0.717) is 45.1 Å². The lowest BCUT2D eigenvalue weighted by atomic mass is 10.2. The number of aliphatic imine (C=N–C) groups is 1. The maximum Gasteiger partial charge on any atom is 0.410 e. The molecular formula is C17H33F3IN5O2. The third kappa shape index (κ3) is 11.1. The Hall–Kier alpha value is -0.980. The molecule has 0 aliphatic carbocycles. The average molecular weight is 523 g/mol. The molecule has 1 fully saturated rings. The van der Waals surface area contributed by atoms with Crippen molar-refractivity contribution in [2.45, 2.75) is 51.9 Å². The van der Waals surface area contributed by atoms with Gasteiger partial charge in [0.25, 0.3) is 0 Å². The van der Waals surface area contributed by atoms with E-state index in [1.54, 1.807) is 11.9 Å². The highest BCUT2D eigenvalue weighted by molar-refractivity contribution is 14.0. The molecule has 0 radical (unpaired) electrons. The molecule has 0 spiro atoms. The first-order valence-corrected chi connectivity index (χ1v) is 9.17. The molecule has 1 rings (SSSR count). The van der Waals surface area contributed by atoms with Crippen LogP contribution in [0.1, 0.15) is 34.1 Å². The molecule has 28 heavy (non-hydrogen) atoms. The van der Waals surface area contributed by atoms with Crippen molar-refractivity contribution < 1.29 is 22.7 Å². The molecule has 0 aromatic heterocycles. The lowest BCUT2D eigenvalue weighted by Crippen LogP contribution is -2.48. The van der Waals surface area contributed by atoms with E-state index < -0.39 is 18.3 Å². The zero-order chi connectivity index (χ0) is 20.7. The molecule has 166 valence electrons. The predicted octanol–water partition coefficient (Wildman–Crippen LogP) is 2.66. The quantitative estimate of drug-likeness (QED) is 0.319. The molecule has 0 bridgehead atoms. The summed E-state index contributed by atoms with van der Waals surface area (Å²) in [7, 11) is 1.60. The second kappa shape index (κ2) is 11.9.